The van der Waals surface area contributed by atoms with Crippen molar-refractivity contribution in [2.24, 2.45) is 0 Å². The predicted octanol–water partition coefficient (Wildman–Crippen LogP) is 3.68. The number of nitrogens with two attached hydrogens (primary N) is 1. The van der Waals surface area contributed by atoms with Crippen LogP contribution in [0.2, 0.25) is 0 Å². The molecule has 2 amide bonds. The summed E-state index contributed by atoms with van der Waals surface area (Å²) in [6.45, 7) is 0. The van der Waals surface area contributed by atoms with Crippen LogP contribution in [0.4, 0.5) is 11.4 Å². The van der Waals surface area contributed by atoms with Gasteiger partial charge in [0.2, 0.25) is 0 Å². The summed E-state index contributed by atoms with van der Waals surface area (Å²) in [6, 6.07) is 24.9. The molecule has 27 heavy (non-hydrogen) atoms. The summed E-state index contributed by atoms with van der Waals surface area (Å²) >= 11 is 0. The van der Waals surface area contributed by atoms with E-state index in [9.17, 15) is 9.59 Å². The molecule has 5 nitrogen and oxygen atoms in total. The number of nitrogen functional groups attached to an aromatic ring is 1. The standard InChI is InChI=1S/C22H19N3O2/c23-18-13-7-8-14-19(18)24-22(27)20(15-16-9-3-1-4-10-16)25-21(26)17-11-5-2-6-12-17/h1-15H,23H2,(H,24,27)(H,25,26). The van der Waals surface area contributed by atoms with Crippen LogP contribution >= 0.6 is 0 Å². The number of carbonyl (C=O) groups excluding carboxylic acids is 2. The van der Waals surface area contributed by atoms with Gasteiger partial charge in [0.25, 0.3) is 11.8 Å². The maximum absolute atomic E-state index is 12.8. The first kappa shape index (κ1) is 17.9. The molecule has 0 bridgehead atoms. The van der Waals surface area contributed by atoms with E-state index in [1.807, 2.05) is 36.4 Å². The predicted molar refractivity (Wildman–Crippen MR) is 108 cm³/mol. The Kier molecular flexibility index (Phi) is 5.64. The molecular formula is C22H19N3O2. The fraction of sp³-hybridized carbons (Fsp3) is 0. The summed E-state index contributed by atoms with van der Waals surface area (Å²) in [5.41, 5.74) is 8.19. The maximum Gasteiger partial charge on any atom is 0.272 e. The number of benzene rings is 3. The van der Waals surface area contributed by atoms with Crippen molar-refractivity contribution in [2.45, 2.75) is 0 Å². The minimum atomic E-state index is -0.457. The lowest BCUT2D eigenvalue weighted by atomic mass is 10.1. The Bertz CT molecular complexity index is 967. The van der Waals surface area contributed by atoms with E-state index in [-0.39, 0.29) is 11.6 Å². The largest absolute Gasteiger partial charge is 0.397 e. The second-order valence-corrected chi connectivity index (χ2v) is 5.83. The average Bonchev–Trinajstić information content (AvgIpc) is 2.70. The van der Waals surface area contributed by atoms with Crippen molar-refractivity contribution < 1.29 is 9.59 Å². The Morgan fingerprint density at radius 3 is 2.04 bits per heavy atom. The zero-order valence-corrected chi connectivity index (χ0v) is 14.6. The van der Waals surface area contributed by atoms with Crippen molar-refractivity contribution in [3.05, 3.63) is 102 Å². The highest BCUT2D eigenvalue weighted by Gasteiger charge is 2.15. The molecule has 3 rings (SSSR count). The molecule has 4 N–H and O–H groups in total. The van der Waals surface area contributed by atoms with E-state index in [2.05, 4.69) is 10.6 Å². The number of amides is 2. The maximum atomic E-state index is 12.8. The Morgan fingerprint density at radius 2 is 1.37 bits per heavy atom. The number of hydrogen-bond acceptors (Lipinski definition) is 3. The van der Waals surface area contributed by atoms with Crippen LogP contribution in [0.15, 0.2) is 90.6 Å². The van der Waals surface area contributed by atoms with E-state index < -0.39 is 5.91 Å². The SMILES string of the molecule is Nc1ccccc1NC(=O)C(=Cc1ccccc1)NC(=O)c1ccccc1. The van der Waals surface area contributed by atoms with Gasteiger partial charge in [-0.1, -0.05) is 60.7 Å². The number of carbonyl (C=O) groups is 2. The summed E-state index contributed by atoms with van der Waals surface area (Å²) in [5, 5.41) is 5.43. The Hall–Kier alpha value is -3.86. The van der Waals surface area contributed by atoms with Gasteiger partial charge in [-0.25, -0.2) is 0 Å². The van der Waals surface area contributed by atoms with E-state index in [4.69, 9.17) is 5.73 Å². The molecule has 5 heteroatoms. The monoisotopic (exact) mass is 357 g/mol. The molecule has 0 aromatic heterocycles. The average molecular weight is 357 g/mol. The van der Waals surface area contributed by atoms with Crippen molar-refractivity contribution in [3.63, 3.8) is 0 Å². The van der Waals surface area contributed by atoms with Crippen molar-refractivity contribution in [1.29, 1.82) is 0 Å². The summed E-state index contributed by atoms with van der Waals surface area (Å²) in [5.74, 6) is -0.824. The smallest absolute Gasteiger partial charge is 0.272 e. The lowest BCUT2D eigenvalue weighted by Gasteiger charge is -2.12. The van der Waals surface area contributed by atoms with Crippen LogP contribution in [0, 0.1) is 0 Å². The Labute approximate surface area is 157 Å². The van der Waals surface area contributed by atoms with Gasteiger partial charge in [0.15, 0.2) is 0 Å². The molecule has 3 aromatic rings. The third-order valence-electron chi connectivity index (χ3n) is 3.85. The van der Waals surface area contributed by atoms with E-state index in [0.717, 1.165) is 5.56 Å². The fourth-order valence-electron chi connectivity index (χ4n) is 2.46. The first-order valence-electron chi connectivity index (χ1n) is 8.42. The highest BCUT2D eigenvalue weighted by molar-refractivity contribution is 6.11. The molecule has 0 saturated heterocycles. The summed E-state index contributed by atoms with van der Waals surface area (Å²) in [6.07, 6.45) is 1.62. The summed E-state index contributed by atoms with van der Waals surface area (Å²) in [4.78, 5) is 25.3. The second-order valence-electron chi connectivity index (χ2n) is 5.83. The van der Waals surface area contributed by atoms with Crippen molar-refractivity contribution in [1.82, 2.24) is 5.32 Å². The van der Waals surface area contributed by atoms with Gasteiger partial charge in [0, 0.05) is 5.56 Å². The lowest BCUT2D eigenvalue weighted by molar-refractivity contribution is -0.113. The first-order chi connectivity index (χ1) is 13.1. The lowest BCUT2D eigenvalue weighted by Crippen LogP contribution is -2.30. The van der Waals surface area contributed by atoms with Crippen LogP contribution in [0.1, 0.15) is 15.9 Å². The third kappa shape index (κ3) is 4.83. The van der Waals surface area contributed by atoms with E-state index in [0.29, 0.717) is 16.9 Å². The molecule has 0 unspecified atom stereocenters. The second kappa shape index (κ2) is 8.49. The van der Waals surface area contributed by atoms with Gasteiger partial charge in [-0.3, -0.25) is 9.59 Å². The molecule has 0 radical (unpaired) electrons. The third-order valence-corrected chi connectivity index (χ3v) is 3.85. The Balaban J connectivity index is 1.88. The molecule has 0 spiro atoms. The molecule has 0 atom stereocenters. The Morgan fingerprint density at radius 1 is 0.778 bits per heavy atom. The van der Waals surface area contributed by atoms with E-state index in [1.54, 1.807) is 54.6 Å². The molecule has 0 aliphatic carbocycles. The minimum absolute atomic E-state index is 0.123. The number of rotatable bonds is 5. The molecule has 0 aliphatic heterocycles. The summed E-state index contributed by atoms with van der Waals surface area (Å²) in [7, 11) is 0. The normalized spacial score (nSPS) is 10.9. The van der Waals surface area contributed by atoms with Gasteiger partial charge in [-0.15, -0.1) is 0 Å². The van der Waals surface area contributed by atoms with Gasteiger partial charge >= 0.3 is 0 Å². The van der Waals surface area contributed by atoms with Crippen molar-refractivity contribution in [3.8, 4) is 0 Å². The first-order valence-corrected chi connectivity index (χ1v) is 8.42. The number of para-hydroxylation sites is 2. The van der Waals surface area contributed by atoms with Crippen molar-refractivity contribution in [2.75, 3.05) is 11.1 Å². The zero-order chi connectivity index (χ0) is 19.1. The number of hydrogen-bond donors (Lipinski definition) is 3. The van der Waals surface area contributed by atoms with Crippen LogP contribution in [0.3, 0.4) is 0 Å². The van der Waals surface area contributed by atoms with Crippen LogP contribution in [-0.2, 0) is 4.79 Å². The van der Waals surface area contributed by atoms with Crippen molar-refractivity contribution >= 4 is 29.3 Å². The van der Waals surface area contributed by atoms with Gasteiger partial charge in [-0.05, 0) is 35.9 Å². The molecule has 0 heterocycles. The molecule has 3 aromatic carbocycles. The van der Waals surface area contributed by atoms with Gasteiger partial charge in [0.05, 0.1) is 11.4 Å². The quantitative estimate of drug-likeness (QED) is 0.481. The number of anilines is 2. The van der Waals surface area contributed by atoms with Gasteiger partial charge in [-0.2, -0.15) is 0 Å². The minimum Gasteiger partial charge on any atom is -0.397 e. The molecule has 0 fully saturated rings. The van der Waals surface area contributed by atoms with E-state index >= 15 is 0 Å². The van der Waals surface area contributed by atoms with Crippen LogP contribution in [-0.4, -0.2) is 11.8 Å². The molecule has 0 aliphatic rings. The highest BCUT2D eigenvalue weighted by atomic mass is 16.2. The highest BCUT2D eigenvalue weighted by Crippen LogP contribution is 2.18. The molecular weight excluding hydrogens is 338 g/mol. The van der Waals surface area contributed by atoms with Crippen LogP contribution in [0.25, 0.3) is 6.08 Å². The van der Waals surface area contributed by atoms with Gasteiger partial charge in [0.1, 0.15) is 5.70 Å². The molecule has 134 valence electrons. The van der Waals surface area contributed by atoms with Crippen LogP contribution in [0.5, 0.6) is 0 Å². The van der Waals surface area contributed by atoms with Crippen LogP contribution < -0.4 is 16.4 Å². The topological polar surface area (TPSA) is 84.2 Å². The van der Waals surface area contributed by atoms with E-state index in [1.165, 1.54) is 0 Å². The number of nitrogens with one attached hydrogen (secondary N) is 2. The summed E-state index contributed by atoms with van der Waals surface area (Å²) < 4.78 is 0. The zero-order valence-electron chi connectivity index (χ0n) is 14.6. The van der Waals surface area contributed by atoms with Gasteiger partial charge < -0.3 is 16.4 Å². The molecule has 0 saturated carbocycles. The fourth-order valence-corrected chi connectivity index (χ4v) is 2.46.